The van der Waals surface area contributed by atoms with Crippen LogP contribution in [0.15, 0.2) is 4.99 Å². The second-order valence-corrected chi connectivity index (χ2v) is 2.67. The van der Waals surface area contributed by atoms with Gasteiger partial charge in [-0.3, -0.25) is 4.79 Å². The van der Waals surface area contributed by atoms with E-state index in [0.717, 1.165) is 5.71 Å². The van der Waals surface area contributed by atoms with Gasteiger partial charge >= 0.3 is 0 Å². The minimum Gasteiger partial charge on any atom is -0.272 e. The smallest absolute Gasteiger partial charge is 0.249 e. The Balaban J connectivity index is 2.82. The second-order valence-electron chi connectivity index (χ2n) is 2.67. The molecule has 0 saturated carbocycles. The van der Waals surface area contributed by atoms with Gasteiger partial charge < -0.3 is 0 Å². The summed E-state index contributed by atoms with van der Waals surface area (Å²) in [4.78, 5) is 14.6. The van der Waals surface area contributed by atoms with Crippen LogP contribution in [0.5, 0.6) is 0 Å². The third-order valence-corrected chi connectivity index (χ3v) is 2.09. The largest absolute Gasteiger partial charge is 0.272 e. The van der Waals surface area contributed by atoms with Crippen molar-refractivity contribution in [3.05, 3.63) is 0 Å². The molecule has 0 aromatic carbocycles. The molecule has 1 aliphatic heterocycles. The van der Waals surface area contributed by atoms with Gasteiger partial charge in [-0.05, 0) is 6.92 Å². The lowest BCUT2D eigenvalue weighted by molar-refractivity contribution is -0.120. The SMILES string of the molecule is CC1=NC(=O)C(C)C1C. The van der Waals surface area contributed by atoms with Crippen LogP contribution >= 0.6 is 0 Å². The fraction of sp³-hybridized carbons (Fsp3) is 0.714. The molecule has 1 rings (SSSR count). The van der Waals surface area contributed by atoms with Crippen molar-refractivity contribution < 1.29 is 4.79 Å². The summed E-state index contributed by atoms with van der Waals surface area (Å²) in [6, 6.07) is 0. The lowest BCUT2D eigenvalue weighted by Crippen LogP contribution is -2.12. The minimum atomic E-state index is 0.0417. The van der Waals surface area contributed by atoms with Gasteiger partial charge in [0.25, 0.3) is 0 Å². The second kappa shape index (κ2) is 1.94. The molecule has 2 heteroatoms. The molecule has 0 radical (unpaired) electrons. The first kappa shape index (κ1) is 6.46. The van der Waals surface area contributed by atoms with E-state index in [1.807, 2.05) is 20.8 Å². The number of rotatable bonds is 0. The van der Waals surface area contributed by atoms with Crippen molar-refractivity contribution in [2.24, 2.45) is 16.8 Å². The van der Waals surface area contributed by atoms with Crippen molar-refractivity contribution in [3.63, 3.8) is 0 Å². The van der Waals surface area contributed by atoms with Crippen molar-refractivity contribution in [1.29, 1.82) is 0 Å². The molecule has 0 saturated heterocycles. The molecule has 0 aromatic rings. The summed E-state index contributed by atoms with van der Waals surface area (Å²) in [6.45, 7) is 5.87. The molecule has 1 heterocycles. The quantitative estimate of drug-likeness (QED) is 0.479. The van der Waals surface area contributed by atoms with E-state index in [1.165, 1.54) is 0 Å². The van der Waals surface area contributed by atoms with Crippen LogP contribution in [-0.4, -0.2) is 11.6 Å². The van der Waals surface area contributed by atoms with Crippen LogP contribution in [0.4, 0.5) is 0 Å². The Morgan fingerprint density at radius 2 is 1.89 bits per heavy atom. The van der Waals surface area contributed by atoms with Crippen LogP contribution < -0.4 is 0 Å². The van der Waals surface area contributed by atoms with Crippen LogP contribution in [0.25, 0.3) is 0 Å². The van der Waals surface area contributed by atoms with E-state index in [0.29, 0.717) is 5.92 Å². The first-order valence-corrected chi connectivity index (χ1v) is 3.22. The summed E-state index contributed by atoms with van der Waals surface area (Å²) in [7, 11) is 0. The Hall–Kier alpha value is -0.660. The van der Waals surface area contributed by atoms with E-state index < -0.39 is 0 Å². The van der Waals surface area contributed by atoms with Crippen molar-refractivity contribution in [2.45, 2.75) is 20.8 Å². The van der Waals surface area contributed by atoms with Crippen molar-refractivity contribution in [1.82, 2.24) is 0 Å². The van der Waals surface area contributed by atoms with Gasteiger partial charge in [-0.25, -0.2) is 4.99 Å². The van der Waals surface area contributed by atoms with E-state index in [2.05, 4.69) is 4.99 Å². The summed E-state index contributed by atoms with van der Waals surface area (Å²) in [6.07, 6.45) is 0. The van der Waals surface area contributed by atoms with Gasteiger partial charge in [-0.1, -0.05) is 13.8 Å². The van der Waals surface area contributed by atoms with Crippen LogP contribution in [0.1, 0.15) is 20.8 Å². The van der Waals surface area contributed by atoms with Gasteiger partial charge in [-0.2, -0.15) is 0 Å². The van der Waals surface area contributed by atoms with Gasteiger partial charge in [0.15, 0.2) is 0 Å². The van der Waals surface area contributed by atoms with Gasteiger partial charge in [0.1, 0.15) is 0 Å². The molecule has 1 amide bonds. The predicted octanol–water partition coefficient (Wildman–Crippen LogP) is 1.26. The fourth-order valence-electron chi connectivity index (χ4n) is 0.953. The third-order valence-electron chi connectivity index (χ3n) is 2.09. The Kier molecular flexibility index (Phi) is 1.39. The summed E-state index contributed by atoms with van der Waals surface area (Å²) in [5, 5.41) is 0. The van der Waals surface area contributed by atoms with E-state index in [4.69, 9.17) is 0 Å². The lowest BCUT2D eigenvalue weighted by atomic mass is 9.95. The highest BCUT2D eigenvalue weighted by atomic mass is 16.1. The molecule has 2 unspecified atom stereocenters. The molecule has 1 aliphatic rings. The molecule has 2 nitrogen and oxygen atoms in total. The van der Waals surface area contributed by atoms with Gasteiger partial charge in [-0.15, -0.1) is 0 Å². The molecule has 0 fully saturated rings. The molecule has 0 aliphatic carbocycles. The fourth-order valence-corrected chi connectivity index (χ4v) is 0.953. The van der Waals surface area contributed by atoms with Gasteiger partial charge in [0, 0.05) is 17.5 Å². The molecule has 2 atom stereocenters. The molecule has 0 bridgehead atoms. The van der Waals surface area contributed by atoms with E-state index >= 15 is 0 Å². The topological polar surface area (TPSA) is 29.4 Å². The highest BCUT2D eigenvalue weighted by Crippen LogP contribution is 2.20. The van der Waals surface area contributed by atoms with Crippen LogP contribution in [0.2, 0.25) is 0 Å². The maximum absolute atomic E-state index is 10.8. The van der Waals surface area contributed by atoms with Crippen molar-refractivity contribution in [2.75, 3.05) is 0 Å². The number of carbonyl (C=O) groups excluding carboxylic acids is 1. The number of amides is 1. The molecule has 0 aromatic heterocycles. The average Bonchev–Trinajstić information content (AvgIpc) is 1.98. The summed E-state index contributed by atoms with van der Waals surface area (Å²) in [5.74, 6) is 0.516. The third kappa shape index (κ3) is 0.889. The average molecular weight is 125 g/mol. The van der Waals surface area contributed by atoms with E-state index in [1.54, 1.807) is 0 Å². The maximum Gasteiger partial charge on any atom is 0.249 e. The number of aliphatic imine (C=N–C) groups is 1. The first-order chi connectivity index (χ1) is 4.13. The minimum absolute atomic E-state index is 0.0417. The molecule has 0 spiro atoms. The van der Waals surface area contributed by atoms with Crippen molar-refractivity contribution >= 4 is 11.6 Å². The predicted molar refractivity (Wildman–Crippen MR) is 36.4 cm³/mol. The molecule has 50 valence electrons. The maximum atomic E-state index is 10.8. The number of hydrogen-bond donors (Lipinski definition) is 0. The summed E-state index contributed by atoms with van der Waals surface area (Å²) in [5.41, 5.74) is 0.979. The summed E-state index contributed by atoms with van der Waals surface area (Å²) < 4.78 is 0. The zero-order valence-electron chi connectivity index (χ0n) is 6.01. The molecule has 0 N–H and O–H groups in total. The zero-order valence-corrected chi connectivity index (χ0v) is 6.01. The number of hydrogen-bond acceptors (Lipinski definition) is 1. The molecule has 9 heavy (non-hydrogen) atoms. The standard InChI is InChI=1S/C7H11NO/c1-4-5(2)7(9)8-6(4)3/h4-5H,1-3H3. The van der Waals surface area contributed by atoms with Crippen molar-refractivity contribution in [3.8, 4) is 0 Å². The van der Waals surface area contributed by atoms with Crippen LogP contribution in [0, 0.1) is 11.8 Å². The Morgan fingerprint density at radius 1 is 1.33 bits per heavy atom. The van der Waals surface area contributed by atoms with E-state index in [9.17, 15) is 4.79 Å². The van der Waals surface area contributed by atoms with Gasteiger partial charge in [0.2, 0.25) is 5.91 Å². The monoisotopic (exact) mass is 125 g/mol. The normalized spacial score (nSPS) is 35.0. The van der Waals surface area contributed by atoms with E-state index in [-0.39, 0.29) is 11.8 Å². The lowest BCUT2D eigenvalue weighted by Gasteiger charge is -2.05. The highest BCUT2D eigenvalue weighted by molar-refractivity contribution is 6.03. The first-order valence-electron chi connectivity index (χ1n) is 3.22. The number of nitrogens with zero attached hydrogens (tertiary/aromatic N) is 1. The highest BCUT2D eigenvalue weighted by Gasteiger charge is 2.27. The van der Waals surface area contributed by atoms with Gasteiger partial charge in [0.05, 0.1) is 0 Å². The number of carbonyl (C=O) groups is 1. The summed E-state index contributed by atoms with van der Waals surface area (Å²) >= 11 is 0. The Labute approximate surface area is 55.0 Å². The Bertz CT molecular complexity index is 172. The zero-order chi connectivity index (χ0) is 7.02. The van der Waals surface area contributed by atoms with Crippen LogP contribution in [0.3, 0.4) is 0 Å². The van der Waals surface area contributed by atoms with Crippen LogP contribution in [-0.2, 0) is 4.79 Å². The Morgan fingerprint density at radius 3 is 2.00 bits per heavy atom. The molecular formula is C7H11NO. The molecular weight excluding hydrogens is 114 g/mol.